The highest BCUT2D eigenvalue weighted by molar-refractivity contribution is 6.38. The number of carboxylic acid groups (broad SMARTS) is 1. The number of esters is 1. The molecule has 1 fully saturated rings. The fourth-order valence-corrected chi connectivity index (χ4v) is 4.40. The number of benzene rings is 2. The highest BCUT2D eigenvalue weighted by atomic mass is 16.5. The Kier molecular flexibility index (Phi) is 10.0. The van der Waals surface area contributed by atoms with E-state index in [9.17, 15) is 19.2 Å². The molecule has 1 amide bonds. The number of carbonyl (C=O) groups is 4. The lowest BCUT2D eigenvalue weighted by molar-refractivity contribution is -0.164. The zero-order valence-corrected chi connectivity index (χ0v) is 22.4. The minimum Gasteiger partial charge on any atom is -0.482 e. The normalized spacial score (nSPS) is 16.4. The van der Waals surface area contributed by atoms with E-state index in [0.717, 1.165) is 18.4 Å². The Morgan fingerprint density at radius 3 is 2.47 bits per heavy atom. The van der Waals surface area contributed by atoms with Crippen LogP contribution < -0.4 is 4.74 Å². The van der Waals surface area contributed by atoms with Gasteiger partial charge in [0, 0.05) is 12.0 Å². The van der Waals surface area contributed by atoms with Crippen molar-refractivity contribution in [2.75, 3.05) is 13.2 Å². The number of aliphatic carboxylic acids is 1. The first kappa shape index (κ1) is 28.9. The quantitative estimate of drug-likeness (QED) is 0.316. The van der Waals surface area contributed by atoms with E-state index >= 15 is 0 Å². The van der Waals surface area contributed by atoms with Gasteiger partial charge in [-0.2, -0.15) is 0 Å². The summed E-state index contributed by atoms with van der Waals surface area (Å²) in [6, 6.07) is 15.8. The van der Waals surface area contributed by atoms with Gasteiger partial charge in [0.25, 0.3) is 5.91 Å². The third kappa shape index (κ3) is 7.66. The second-order valence-corrected chi connectivity index (χ2v) is 10.3. The summed E-state index contributed by atoms with van der Waals surface area (Å²) in [5, 5.41) is 8.95. The van der Waals surface area contributed by atoms with E-state index in [4.69, 9.17) is 14.6 Å². The first-order valence-corrected chi connectivity index (χ1v) is 13.2. The molecule has 0 aliphatic carbocycles. The zero-order chi connectivity index (χ0) is 27.7. The lowest BCUT2D eigenvalue weighted by Crippen LogP contribution is -2.53. The number of carboxylic acids is 1. The van der Waals surface area contributed by atoms with Gasteiger partial charge in [-0.3, -0.25) is 9.59 Å². The van der Waals surface area contributed by atoms with Crippen molar-refractivity contribution >= 4 is 23.6 Å². The number of Topliss-reactive ketones (excluding diaryl/α,β-unsaturated/α-hetero) is 1. The Balaban J connectivity index is 1.82. The maximum atomic E-state index is 13.5. The van der Waals surface area contributed by atoms with Crippen molar-refractivity contribution in [3.63, 3.8) is 0 Å². The first-order valence-electron chi connectivity index (χ1n) is 13.2. The Labute approximate surface area is 223 Å². The number of hydrogen-bond acceptors (Lipinski definition) is 6. The Morgan fingerprint density at radius 1 is 1.05 bits per heavy atom. The first-order chi connectivity index (χ1) is 18.1. The van der Waals surface area contributed by atoms with Crippen LogP contribution in [0.1, 0.15) is 70.1 Å². The minimum absolute atomic E-state index is 0.331. The van der Waals surface area contributed by atoms with Crippen LogP contribution in [0.15, 0.2) is 54.6 Å². The molecule has 8 heteroatoms. The summed E-state index contributed by atoms with van der Waals surface area (Å²) in [5.41, 5.74) is 0.931. The molecule has 204 valence electrons. The van der Waals surface area contributed by atoms with Crippen molar-refractivity contribution < 1.29 is 33.8 Å². The van der Waals surface area contributed by atoms with Crippen LogP contribution in [-0.4, -0.2) is 52.8 Å². The molecule has 0 saturated carbocycles. The summed E-state index contributed by atoms with van der Waals surface area (Å²) in [4.78, 5) is 51.9. The van der Waals surface area contributed by atoms with Crippen LogP contribution in [0.5, 0.6) is 5.75 Å². The van der Waals surface area contributed by atoms with E-state index in [1.165, 1.54) is 4.90 Å². The lowest BCUT2D eigenvalue weighted by atomic mass is 9.84. The molecule has 1 aliphatic rings. The van der Waals surface area contributed by atoms with Crippen LogP contribution in [0.4, 0.5) is 0 Å². The van der Waals surface area contributed by atoms with Gasteiger partial charge in [-0.25, -0.2) is 9.59 Å². The molecular weight excluding hydrogens is 486 g/mol. The van der Waals surface area contributed by atoms with Crippen molar-refractivity contribution in [2.45, 2.75) is 71.4 Å². The molecule has 0 radical (unpaired) electrons. The van der Waals surface area contributed by atoms with Gasteiger partial charge in [0.1, 0.15) is 17.9 Å². The molecule has 2 aromatic carbocycles. The van der Waals surface area contributed by atoms with E-state index in [-0.39, 0.29) is 0 Å². The molecule has 0 bridgehead atoms. The monoisotopic (exact) mass is 523 g/mol. The third-order valence-corrected chi connectivity index (χ3v) is 7.12. The van der Waals surface area contributed by atoms with E-state index in [1.807, 2.05) is 37.3 Å². The number of ether oxygens (including phenoxy) is 2. The van der Waals surface area contributed by atoms with E-state index in [2.05, 4.69) is 0 Å². The highest BCUT2D eigenvalue weighted by Crippen LogP contribution is 2.30. The van der Waals surface area contributed by atoms with E-state index in [1.54, 1.807) is 38.1 Å². The summed E-state index contributed by atoms with van der Waals surface area (Å²) in [6.07, 6.45) is 2.87. The number of nitrogens with zero attached hydrogens (tertiary/aromatic N) is 1. The van der Waals surface area contributed by atoms with Crippen LogP contribution in [0.2, 0.25) is 0 Å². The summed E-state index contributed by atoms with van der Waals surface area (Å²) >= 11 is 0. The van der Waals surface area contributed by atoms with E-state index < -0.39 is 47.8 Å². The predicted octanol–water partition coefficient (Wildman–Crippen LogP) is 4.75. The van der Waals surface area contributed by atoms with Gasteiger partial charge >= 0.3 is 11.9 Å². The van der Waals surface area contributed by atoms with Gasteiger partial charge < -0.3 is 19.5 Å². The van der Waals surface area contributed by atoms with Crippen molar-refractivity contribution in [1.82, 2.24) is 4.90 Å². The van der Waals surface area contributed by atoms with Crippen molar-refractivity contribution in [3.05, 3.63) is 65.7 Å². The third-order valence-electron chi connectivity index (χ3n) is 7.12. The molecule has 3 rings (SSSR count). The van der Waals surface area contributed by atoms with Crippen LogP contribution in [0.25, 0.3) is 0 Å². The number of aryl methyl sites for hydroxylation is 1. The molecule has 1 heterocycles. The molecule has 1 saturated heterocycles. The largest absolute Gasteiger partial charge is 0.482 e. The number of hydrogen-bond donors (Lipinski definition) is 1. The van der Waals surface area contributed by atoms with Crippen LogP contribution in [0.3, 0.4) is 0 Å². The van der Waals surface area contributed by atoms with Crippen LogP contribution >= 0.6 is 0 Å². The Morgan fingerprint density at radius 2 is 1.79 bits per heavy atom. The Bertz CT molecular complexity index is 1130. The molecule has 2 aromatic rings. The number of carbonyl (C=O) groups excluding carboxylic acids is 3. The Hall–Kier alpha value is -3.68. The topological polar surface area (TPSA) is 110 Å². The van der Waals surface area contributed by atoms with Gasteiger partial charge in [0.2, 0.25) is 5.78 Å². The maximum Gasteiger partial charge on any atom is 0.341 e. The van der Waals surface area contributed by atoms with Gasteiger partial charge in [-0.05, 0) is 61.8 Å². The molecule has 0 aromatic heterocycles. The highest BCUT2D eigenvalue weighted by Gasteiger charge is 2.41. The average molecular weight is 524 g/mol. The maximum absolute atomic E-state index is 13.5. The standard InChI is InChI=1S/C30H37NO7/c1-4-30(2,3)27(34)28(35)31-18-9-8-15-24(31)29(36)38-25(17-16-21-11-6-5-7-12-21)22-13-10-14-23(19-22)37-20-26(32)33/h5-7,10-14,19,24-25H,4,8-9,15-18,20H2,1-3H3,(H,32,33)/t24-,25?/m0/s1. The van der Waals surface area contributed by atoms with Gasteiger partial charge in [-0.15, -0.1) is 0 Å². The zero-order valence-electron chi connectivity index (χ0n) is 22.4. The van der Waals surface area contributed by atoms with Crippen LogP contribution in [0, 0.1) is 5.41 Å². The molecule has 1 N–H and O–H groups in total. The van der Waals surface area contributed by atoms with Crippen molar-refractivity contribution in [1.29, 1.82) is 0 Å². The summed E-state index contributed by atoms with van der Waals surface area (Å²) in [5.74, 6) is -2.42. The molecule has 8 nitrogen and oxygen atoms in total. The second-order valence-electron chi connectivity index (χ2n) is 10.3. The van der Waals surface area contributed by atoms with E-state index in [0.29, 0.717) is 43.5 Å². The fraction of sp³-hybridized carbons (Fsp3) is 0.467. The average Bonchev–Trinajstić information content (AvgIpc) is 2.93. The number of ketones is 1. The smallest absolute Gasteiger partial charge is 0.341 e. The second kappa shape index (κ2) is 13.2. The molecule has 2 atom stereocenters. The molecule has 38 heavy (non-hydrogen) atoms. The van der Waals surface area contributed by atoms with Gasteiger partial charge in [-0.1, -0.05) is 63.2 Å². The summed E-state index contributed by atoms with van der Waals surface area (Å²) in [6.45, 7) is 5.18. The number of piperidine rings is 1. The SMILES string of the molecule is CCC(C)(C)C(=O)C(=O)N1CCCC[C@H]1C(=O)OC(CCc1ccccc1)c1cccc(OCC(=O)O)c1. The lowest BCUT2D eigenvalue weighted by Gasteiger charge is -2.36. The molecule has 0 spiro atoms. The van der Waals surface area contributed by atoms with Gasteiger partial charge in [0.05, 0.1) is 0 Å². The molecule has 1 unspecified atom stereocenters. The van der Waals surface area contributed by atoms with Crippen molar-refractivity contribution in [3.8, 4) is 5.75 Å². The van der Waals surface area contributed by atoms with Crippen LogP contribution in [-0.2, 0) is 30.3 Å². The van der Waals surface area contributed by atoms with Gasteiger partial charge in [0.15, 0.2) is 6.61 Å². The number of likely N-dealkylation sites (tertiary alicyclic amines) is 1. The van der Waals surface area contributed by atoms with Crippen molar-refractivity contribution in [2.24, 2.45) is 5.41 Å². The fourth-order valence-electron chi connectivity index (χ4n) is 4.40. The summed E-state index contributed by atoms with van der Waals surface area (Å²) in [7, 11) is 0. The minimum atomic E-state index is -1.09. The predicted molar refractivity (Wildman–Crippen MR) is 142 cm³/mol. The summed E-state index contributed by atoms with van der Waals surface area (Å²) < 4.78 is 11.4. The number of rotatable bonds is 12. The molecular formula is C30H37NO7. The number of amides is 1. The molecule has 1 aliphatic heterocycles.